The van der Waals surface area contributed by atoms with E-state index in [1.54, 1.807) is 56.3 Å². The monoisotopic (exact) mass is 482 g/mol. The third-order valence-corrected chi connectivity index (χ3v) is 8.85. The van der Waals surface area contributed by atoms with E-state index in [2.05, 4.69) is 20.8 Å². The molecule has 0 aliphatic heterocycles. The Balaban J connectivity index is 2.34. The summed E-state index contributed by atoms with van der Waals surface area (Å²) in [4.78, 5) is 27.9. The van der Waals surface area contributed by atoms with Crippen LogP contribution in [0.1, 0.15) is 58.2 Å². The molecule has 0 aliphatic carbocycles. The van der Waals surface area contributed by atoms with Crippen molar-refractivity contribution in [2.45, 2.75) is 40.0 Å². The lowest BCUT2D eigenvalue weighted by atomic mass is 9.84. The van der Waals surface area contributed by atoms with Gasteiger partial charge in [-0.25, -0.2) is 0 Å². The number of methoxy groups -OCH3 is 1. The fourth-order valence-corrected chi connectivity index (χ4v) is 7.06. The quantitative estimate of drug-likeness (QED) is 0.357. The number of ether oxygens (including phenoxy) is 1. The maximum atomic E-state index is 14.7. The minimum atomic E-state index is -4.43. The Hall–Kier alpha value is -2.68. The smallest absolute Gasteiger partial charge is 0.253 e. The molecule has 172 valence electrons. The number of halogens is 1. The van der Waals surface area contributed by atoms with Crippen LogP contribution in [-0.4, -0.2) is 18.2 Å². The summed E-state index contributed by atoms with van der Waals surface area (Å²) >= 11 is 6.46. The van der Waals surface area contributed by atoms with E-state index in [0.29, 0.717) is 11.1 Å². The first-order valence-corrected chi connectivity index (χ1v) is 12.7. The van der Waals surface area contributed by atoms with Gasteiger partial charge in [0.1, 0.15) is 5.75 Å². The molecule has 0 aromatic heterocycles. The van der Waals surface area contributed by atoms with Crippen molar-refractivity contribution in [1.29, 1.82) is 0 Å². The van der Waals surface area contributed by atoms with Crippen molar-refractivity contribution in [3.63, 3.8) is 0 Å². The highest BCUT2D eigenvalue weighted by Crippen LogP contribution is 2.55. The summed E-state index contributed by atoms with van der Waals surface area (Å²) in [5.74, 6) is 0.144. The first-order valence-electron chi connectivity index (χ1n) is 10.6. The number of carbonyl (C=O) groups is 2. The van der Waals surface area contributed by atoms with Crippen molar-refractivity contribution >= 4 is 35.1 Å². The maximum Gasteiger partial charge on any atom is 0.253 e. The number of rotatable bonds is 6. The zero-order chi connectivity index (χ0) is 24.6. The zero-order valence-corrected chi connectivity index (χ0v) is 21.4. The van der Waals surface area contributed by atoms with Crippen LogP contribution in [0.4, 0.5) is 0 Å². The van der Waals surface area contributed by atoms with E-state index in [9.17, 15) is 14.2 Å². The second-order valence-electron chi connectivity index (χ2n) is 9.11. The number of hydrogen-bond donors (Lipinski definition) is 0. The van der Waals surface area contributed by atoms with Gasteiger partial charge >= 0.3 is 0 Å². The van der Waals surface area contributed by atoms with Crippen LogP contribution in [-0.2, 0) is 9.98 Å². The van der Waals surface area contributed by atoms with Crippen LogP contribution < -0.4 is 10.0 Å². The van der Waals surface area contributed by atoms with Crippen LogP contribution in [0.3, 0.4) is 0 Å². The Kier molecular flexibility index (Phi) is 7.02. The molecule has 0 radical (unpaired) electrons. The van der Waals surface area contributed by atoms with Crippen molar-refractivity contribution in [2.24, 2.45) is 0 Å². The number of aryl methyl sites for hydroxylation is 2. The average Bonchev–Trinajstić information content (AvgIpc) is 2.77. The largest absolute Gasteiger partial charge is 0.496 e. The van der Waals surface area contributed by atoms with Crippen LogP contribution in [0.5, 0.6) is 5.75 Å². The van der Waals surface area contributed by atoms with Crippen LogP contribution in [0.25, 0.3) is 0 Å². The Bertz CT molecular complexity index is 1250. The Morgan fingerprint density at radius 2 is 1.45 bits per heavy atom. The average molecular weight is 483 g/mol. The van der Waals surface area contributed by atoms with E-state index in [-0.39, 0.29) is 32.6 Å². The minimum absolute atomic E-state index is 0.0527. The van der Waals surface area contributed by atoms with Gasteiger partial charge in [-0.15, -0.1) is 0 Å². The molecule has 0 saturated heterocycles. The standard InChI is InChI=1S/C27H28ClO4P/c1-17-15-20(27(3,4)5)16-18(2)23(17)26(30)33(31,25(29)19-11-8-7-9-12-19)24-21(28)13-10-14-22(24)32-6/h7-16H,1-6H3. The van der Waals surface area contributed by atoms with Gasteiger partial charge in [-0.2, -0.15) is 0 Å². The summed E-state index contributed by atoms with van der Waals surface area (Å²) < 4.78 is 20.1. The van der Waals surface area contributed by atoms with Gasteiger partial charge in [0.15, 0.2) is 0 Å². The highest BCUT2D eigenvalue weighted by molar-refractivity contribution is 8.01. The minimum Gasteiger partial charge on any atom is -0.496 e. The van der Waals surface area contributed by atoms with Crippen molar-refractivity contribution in [2.75, 3.05) is 7.11 Å². The molecule has 1 unspecified atom stereocenters. The van der Waals surface area contributed by atoms with Gasteiger partial charge in [-0.1, -0.05) is 80.9 Å². The molecule has 0 N–H and O–H groups in total. The van der Waals surface area contributed by atoms with E-state index in [1.807, 2.05) is 12.1 Å². The van der Waals surface area contributed by atoms with Gasteiger partial charge in [0.25, 0.3) is 7.14 Å². The molecule has 6 heteroatoms. The maximum absolute atomic E-state index is 14.7. The summed E-state index contributed by atoms with van der Waals surface area (Å²) in [6.07, 6.45) is 0. The number of carbonyl (C=O) groups excluding carboxylic acids is 2. The first-order chi connectivity index (χ1) is 15.4. The van der Waals surface area contributed by atoms with Crippen molar-refractivity contribution in [1.82, 2.24) is 0 Å². The van der Waals surface area contributed by atoms with Crippen LogP contribution in [0.15, 0.2) is 60.7 Å². The molecule has 4 nitrogen and oxygen atoms in total. The molecule has 33 heavy (non-hydrogen) atoms. The summed E-state index contributed by atoms with van der Waals surface area (Å²) in [6.45, 7) is 9.86. The summed E-state index contributed by atoms with van der Waals surface area (Å²) in [6, 6.07) is 16.7. The van der Waals surface area contributed by atoms with Crippen LogP contribution in [0, 0.1) is 13.8 Å². The van der Waals surface area contributed by atoms with Crippen molar-refractivity contribution in [3.05, 3.63) is 93.5 Å². The van der Waals surface area contributed by atoms with E-state index in [4.69, 9.17) is 16.3 Å². The molecular formula is C27H28ClO4P. The van der Waals surface area contributed by atoms with E-state index < -0.39 is 18.2 Å². The molecule has 0 amide bonds. The summed E-state index contributed by atoms with van der Waals surface area (Å²) in [5.41, 5.74) is 1.20. The van der Waals surface area contributed by atoms with Crippen LogP contribution >= 0.6 is 18.7 Å². The predicted molar refractivity (Wildman–Crippen MR) is 135 cm³/mol. The lowest BCUT2D eigenvalue weighted by Gasteiger charge is -2.24. The zero-order valence-electron chi connectivity index (χ0n) is 19.7. The third-order valence-electron chi connectivity index (χ3n) is 5.69. The van der Waals surface area contributed by atoms with Gasteiger partial charge < -0.3 is 9.30 Å². The second-order valence-corrected chi connectivity index (χ2v) is 12.0. The van der Waals surface area contributed by atoms with Gasteiger partial charge in [0.2, 0.25) is 11.0 Å². The predicted octanol–water partition coefficient (Wildman–Crippen LogP) is 6.93. The highest BCUT2D eigenvalue weighted by atomic mass is 35.5. The molecule has 0 saturated carbocycles. The summed E-state index contributed by atoms with van der Waals surface area (Å²) in [7, 11) is -3.04. The fraction of sp³-hybridized carbons (Fsp3) is 0.259. The topological polar surface area (TPSA) is 60.4 Å². The third kappa shape index (κ3) is 4.55. The molecule has 3 rings (SSSR count). The Morgan fingerprint density at radius 3 is 1.97 bits per heavy atom. The van der Waals surface area contributed by atoms with Gasteiger partial charge in [-0.05, 0) is 48.1 Å². The molecule has 0 bridgehead atoms. The highest BCUT2D eigenvalue weighted by Gasteiger charge is 2.47. The van der Waals surface area contributed by atoms with Gasteiger partial charge in [0.05, 0.1) is 17.4 Å². The van der Waals surface area contributed by atoms with E-state index >= 15 is 0 Å². The molecule has 1 atom stereocenters. The number of hydrogen-bond acceptors (Lipinski definition) is 4. The SMILES string of the molecule is COc1cccc(Cl)c1P(=O)(C(=O)c1ccccc1)C(=O)c1c(C)cc(C(C)(C)C)cc1C. The molecular weight excluding hydrogens is 455 g/mol. The summed E-state index contributed by atoms with van der Waals surface area (Å²) in [5, 5.41) is -0.0105. The van der Waals surface area contributed by atoms with Gasteiger partial charge in [-0.3, -0.25) is 9.59 Å². The van der Waals surface area contributed by atoms with E-state index in [1.165, 1.54) is 13.2 Å². The normalized spacial score (nSPS) is 13.3. The van der Waals surface area contributed by atoms with Gasteiger partial charge in [0, 0.05) is 11.1 Å². The Morgan fingerprint density at radius 1 is 0.879 bits per heavy atom. The Labute approximate surface area is 200 Å². The lowest BCUT2D eigenvalue weighted by molar-refractivity contribution is 0.104. The molecule has 0 aliphatic rings. The second kappa shape index (κ2) is 9.29. The fourth-order valence-electron chi connectivity index (χ4n) is 3.92. The number of benzene rings is 3. The van der Waals surface area contributed by atoms with Crippen molar-refractivity contribution in [3.8, 4) is 5.75 Å². The van der Waals surface area contributed by atoms with E-state index in [0.717, 1.165) is 5.56 Å². The molecule has 0 spiro atoms. The van der Waals surface area contributed by atoms with Crippen LogP contribution in [0.2, 0.25) is 5.02 Å². The lowest BCUT2D eigenvalue weighted by Crippen LogP contribution is -2.24. The first kappa shape index (κ1) is 25.0. The molecule has 3 aromatic rings. The molecule has 0 heterocycles. The molecule has 0 fully saturated rings. The van der Waals surface area contributed by atoms with Crippen molar-refractivity contribution < 1.29 is 18.9 Å². The molecule has 3 aromatic carbocycles.